The SMILES string of the molecule is CC[C@]12CCC(C)(C)CC1C1=CCC3C4(C)CC[C@H](OC)C(C)[C@@H]4CC[C@]3(C)[C@]1(C)CC2. The fraction of sp³-hybridized carbons (Fsp3) is 0.935. The van der Waals surface area contributed by atoms with Crippen LogP contribution in [0.3, 0.4) is 0 Å². The topological polar surface area (TPSA) is 9.23 Å². The monoisotopic (exact) mass is 440 g/mol. The highest BCUT2D eigenvalue weighted by Crippen LogP contribution is 2.75. The second kappa shape index (κ2) is 7.35. The van der Waals surface area contributed by atoms with Crippen molar-refractivity contribution in [1.29, 1.82) is 0 Å². The molecule has 0 amide bonds. The van der Waals surface area contributed by atoms with Crippen LogP contribution in [0.4, 0.5) is 0 Å². The first-order valence-electron chi connectivity index (χ1n) is 14.2. The minimum atomic E-state index is 0.405. The molecule has 5 rings (SSSR count). The van der Waals surface area contributed by atoms with E-state index in [4.69, 9.17) is 4.74 Å². The molecule has 0 N–H and O–H groups in total. The summed E-state index contributed by atoms with van der Waals surface area (Å²) in [5.41, 5.74) is 4.38. The average Bonchev–Trinajstić information content (AvgIpc) is 2.74. The second-order valence-corrected chi connectivity index (χ2v) is 14.7. The van der Waals surface area contributed by atoms with Crippen molar-refractivity contribution in [2.75, 3.05) is 7.11 Å². The molecule has 0 heterocycles. The first kappa shape index (κ1) is 23.4. The Balaban J connectivity index is 1.55. The first-order valence-corrected chi connectivity index (χ1v) is 14.2. The van der Waals surface area contributed by atoms with Crippen LogP contribution in [0.25, 0.3) is 0 Å². The highest BCUT2D eigenvalue weighted by atomic mass is 16.5. The molecule has 0 radical (unpaired) electrons. The van der Waals surface area contributed by atoms with Crippen LogP contribution in [0, 0.1) is 50.7 Å². The summed E-state index contributed by atoms with van der Waals surface area (Å²) in [7, 11) is 1.95. The van der Waals surface area contributed by atoms with Gasteiger partial charge in [0, 0.05) is 7.11 Å². The summed E-state index contributed by atoms with van der Waals surface area (Å²) < 4.78 is 5.95. The lowest BCUT2D eigenvalue weighted by atomic mass is 9.34. The van der Waals surface area contributed by atoms with E-state index in [1.165, 1.54) is 70.6 Å². The van der Waals surface area contributed by atoms with E-state index >= 15 is 0 Å². The number of fused-ring (bicyclic) bond motifs is 7. The van der Waals surface area contributed by atoms with Crippen molar-refractivity contribution in [2.45, 2.75) is 125 Å². The molecule has 182 valence electrons. The molecule has 0 bridgehead atoms. The van der Waals surface area contributed by atoms with Crippen molar-refractivity contribution in [3.8, 4) is 0 Å². The molecule has 0 aromatic carbocycles. The average molecular weight is 441 g/mol. The van der Waals surface area contributed by atoms with Gasteiger partial charge in [0.05, 0.1) is 6.10 Å². The van der Waals surface area contributed by atoms with Gasteiger partial charge >= 0.3 is 0 Å². The van der Waals surface area contributed by atoms with Crippen LogP contribution >= 0.6 is 0 Å². The zero-order valence-electron chi connectivity index (χ0n) is 22.7. The molecule has 0 spiro atoms. The molecule has 5 aliphatic rings. The number of rotatable bonds is 2. The van der Waals surface area contributed by atoms with E-state index in [1.807, 2.05) is 12.7 Å². The van der Waals surface area contributed by atoms with Crippen molar-refractivity contribution in [1.82, 2.24) is 0 Å². The number of hydrogen-bond acceptors (Lipinski definition) is 1. The predicted molar refractivity (Wildman–Crippen MR) is 136 cm³/mol. The van der Waals surface area contributed by atoms with E-state index in [1.54, 1.807) is 0 Å². The second-order valence-electron chi connectivity index (χ2n) is 14.7. The Hall–Kier alpha value is -0.300. The Morgan fingerprint density at radius 1 is 0.938 bits per heavy atom. The van der Waals surface area contributed by atoms with Crippen LogP contribution in [0.2, 0.25) is 0 Å². The molecule has 5 aliphatic carbocycles. The fourth-order valence-electron chi connectivity index (χ4n) is 10.9. The summed E-state index contributed by atoms with van der Waals surface area (Å²) in [4.78, 5) is 0. The van der Waals surface area contributed by atoms with Crippen LogP contribution in [0.1, 0.15) is 119 Å². The zero-order chi connectivity index (χ0) is 23.2. The molecular formula is C31H52O. The lowest BCUT2D eigenvalue weighted by molar-refractivity contribution is -0.183. The maximum Gasteiger partial charge on any atom is 0.0599 e. The van der Waals surface area contributed by atoms with Gasteiger partial charge in [-0.05, 0) is 121 Å². The van der Waals surface area contributed by atoms with Gasteiger partial charge in [0.15, 0.2) is 0 Å². The van der Waals surface area contributed by atoms with E-state index in [9.17, 15) is 0 Å². The van der Waals surface area contributed by atoms with Crippen LogP contribution in [-0.2, 0) is 4.74 Å². The van der Waals surface area contributed by atoms with Crippen molar-refractivity contribution >= 4 is 0 Å². The summed E-state index contributed by atoms with van der Waals surface area (Å²) in [6.45, 7) is 18.3. The Bertz CT molecular complexity index is 779. The third-order valence-electron chi connectivity index (χ3n) is 13.3. The molecule has 4 saturated carbocycles. The van der Waals surface area contributed by atoms with Crippen molar-refractivity contribution in [2.24, 2.45) is 50.7 Å². The van der Waals surface area contributed by atoms with Gasteiger partial charge in [-0.1, -0.05) is 60.1 Å². The number of ether oxygens (including phenoxy) is 1. The molecule has 0 saturated heterocycles. The van der Waals surface area contributed by atoms with Crippen molar-refractivity contribution in [3.05, 3.63) is 11.6 Å². The largest absolute Gasteiger partial charge is 0.381 e. The first-order chi connectivity index (χ1) is 15.0. The molecular weight excluding hydrogens is 388 g/mol. The number of allylic oxidation sites excluding steroid dienone is 2. The van der Waals surface area contributed by atoms with Gasteiger partial charge in [0.2, 0.25) is 0 Å². The molecule has 4 fully saturated rings. The Morgan fingerprint density at radius 2 is 1.66 bits per heavy atom. The number of hydrogen-bond donors (Lipinski definition) is 0. The standard InChI is InChI=1S/C31H52O/c1-9-31-18-16-27(3,4)20-24(31)23-10-11-26-28(5)14-13-25(32-8)21(2)22(28)12-15-30(26,7)29(23,6)17-19-31/h10,21-22,24-26H,9,11-20H2,1-8H3/t21?,22-,24?,25-,26?,28?,29+,30-,31+/m0/s1. The third kappa shape index (κ3) is 2.91. The molecule has 4 unspecified atom stereocenters. The van der Waals surface area contributed by atoms with E-state index in [0.717, 1.165) is 17.8 Å². The van der Waals surface area contributed by atoms with Crippen LogP contribution in [0.5, 0.6) is 0 Å². The molecule has 0 aromatic rings. The normalized spacial score (nSPS) is 54.5. The highest BCUT2D eigenvalue weighted by molar-refractivity contribution is 5.33. The van der Waals surface area contributed by atoms with E-state index in [-0.39, 0.29) is 0 Å². The molecule has 1 nitrogen and oxygen atoms in total. The van der Waals surface area contributed by atoms with Crippen LogP contribution in [-0.4, -0.2) is 13.2 Å². The number of methoxy groups -OCH3 is 1. The Kier molecular flexibility index (Phi) is 5.38. The summed E-state index contributed by atoms with van der Waals surface area (Å²) in [6, 6.07) is 0. The van der Waals surface area contributed by atoms with Gasteiger partial charge in [0.1, 0.15) is 0 Å². The van der Waals surface area contributed by atoms with Gasteiger partial charge < -0.3 is 4.74 Å². The molecule has 1 heteroatoms. The lowest BCUT2D eigenvalue weighted by Gasteiger charge is -2.70. The van der Waals surface area contributed by atoms with Gasteiger partial charge in [-0.3, -0.25) is 0 Å². The summed E-state index contributed by atoms with van der Waals surface area (Å²) >= 11 is 0. The lowest BCUT2D eigenvalue weighted by Crippen LogP contribution is -2.63. The zero-order valence-corrected chi connectivity index (χ0v) is 22.7. The van der Waals surface area contributed by atoms with Gasteiger partial charge in [0.25, 0.3) is 0 Å². The van der Waals surface area contributed by atoms with Crippen LogP contribution in [0.15, 0.2) is 11.6 Å². The smallest absolute Gasteiger partial charge is 0.0599 e. The van der Waals surface area contributed by atoms with E-state index < -0.39 is 0 Å². The molecule has 0 aromatic heterocycles. The van der Waals surface area contributed by atoms with Crippen LogP contribution < -0.4 is 0 Å². The van der Waals surface area contributed by atoms with Crippen molar-refractivity contribution in [3.63, 3.8) is 0 Å². The maximum absolute atomic E-state index is 5.95. The molecule has 0 aliphatic heterocycles. The summed E-state index contributed by atoms with van der Waals surface area (Å²) in [5, 5.41) is 0. The van der Waals surface area contributed by atoms with E-state index in [2.05, 4.69) is 54.5 Å². The Morgan fingerprint density at radius 3 is 2.34 bits per heavy atom. The van der Waals surface area contributed by atoms with Gasteiger partial charge in [-0.15, -0.1) is 0 Å². The predicted octanol–water partition coefficient (Wildman–Crippen LogP) is 8.82. The Labute approximate surface area is 199 Å². The third-order valence-corrected chi connectivity index (χ3v) is 13.3. The summed E-state index contributed by atoms with van der Waals surface area (Å²) in [6.07, 6.45) is 18.8. The van der Waals surface area contributed by atoms with E-state index in [0.29, 0.717) is 39.1 Å². The van der Waals surface area contributed by atoms with Gasteiger partial charge in [-0.2, -0.15) is 0 Å². The minimum absolute atomic E-state index is 0.405. The van der Waals surface area contributed by atoms with Crippen molar-refractivity contribution < 1.29 is 4.74 Å². The molecule has 32 heavy (non-hydrogen) atoms. The molecule has 9 atom stereocenters. The minimum Gasteiger partial charge on any atom is -0.381 e. The maximum atomic E-state index is 5.95. The van der Waals surface area contributed by atoms with Gasteiger partial charge in [-0.25, -0.2) is 0 Å². The quantitative estimate of drug-likeness (QED) is 0.390. The fourth-order valence-corrected chi connectivity index (χ4v) is 10.9. The summed E-state index contributed by atoms with van der Waals surface area (Å²) in [5.74, 6) is 3.22. The highest BCUT2D eigenvalue weighted by Gasteiger charge is 2.66.